The zero-order chi connectivity index (χ0) is 13.9. The quantitative estimate of drug-likeness (QED) is 0.845. The molecule has 1 aromatic carbocycles. The summed E-state index contributed by atoms with van der Waals surface area (Å²) in [6.45, 7) is 9.29. The number of hydrogen-bond acceptors (Lipinski definition) is 3. The van der Waals surface area contributed by atoms with Crippen molar-refractivity contribution in [2.75, 3.05) is 13.2 Å². The van der Waals surface area contributed by atoms with Crippen LogP contribution in [0.15, 0.2) is 30.3 Å². The van der Waals surface area contributed by atoms with Crippen LogP contribution in [0.1, 0.15) is 33.3 Å². The van der Waals surface area contributed by atoms with Gasteiger partial charge in [0.15, 0.2) is 5.79 Å². The summed E-state index contributed by atoms with van der Waals surface area (Å²) >= 11 is 0. The van der Waals surface area contributed by atoms with E-state index in [1.807, 2.05) is 58.0 Å². The fraction of sp³-hybridized carbons (Fsp3) is 0.625. The van der Waals surface area contributed by atoms with Crippen LogP contribution >= 0.6 is 0 Å². The largest absolute Gasteiger partial charge is 0.384 e. The third kappa shape index (κ3) is 1.16. The van der Waals surface area contributed by atoms with Crippen molar-refractivity contribution < 1.29 is 14.6 Å². The molecule has 3 nitrogen and oxygen atoms in total. The average Bonchev–Trinajstić information content (AvgIpc) is 2.90. The molecule has 0 amide bonds. The van der Waals surface area contributed by atoms with E-state index in [0.717, 1.165) is 5.56 Å². The minimum Gasteiger partial charge on any atom is -0.384 e. The molecular formula is C16H22O3. The molecule has 1 N–H and O–H groups in total. The smallest absolute Gasteiger partial charge is 0.184 e. The van der Waals surface area contributed by atoms with E-state index < -0.39 is 22.2 Å². The average molecular weight is 262 g/mol. The highest BCUT2D eigenvalue weighted by Crippen LogP contribution is 2.74. The third-order valence-electron chi connectivity index (χ3n) is 5.34. The van der Waals surface area contributed by atoms with Crippen LogP contribution in [0, 0.1) is 10.8 Å². The van der Waals surface area contributed by atoms with Crippen LogP contribution in [-0.4, -0.2) is 24.1 Å². The highest BCUT2D eigenvalue weighted by Gasteiger charge is 2.83. The lowest BCUT2D eigenvalue weighted by Crippen LogP contribution is -2.82. The molecule has 3 rings (SSSR count). The standard InChI is InChI=1S/C16H22O3/c1-13(2)15(17,12-8-6-5-7-9-12)14(3,4)16(13)18-10-11-19-16/h5-9,17H,10-11H2,1-4H3. The number of benzene rings is 1. The van der Waals surface area contributed by atoms with Gasteiger partial charge in [-0.15, -0.1) is 0 Å². The molecule has 2 fully saturated rings. The molecule has 0 unspecified atom stereocenters. The van der Waals surface area contributed by atoms with Crippen LogP contribution in [-0.2, 0) is 15.1 Å². The van der Waals surface area contributed by atoms with Crippen molar-refractivity contribution in [3.63, 3.8) is 0 Å². The molecule has 1 spiro atoms. The Morgan fingerprint density at radius 2 is 1.37 bits per heavy atom. The summed E-state index contributed by atoms with van der Waals surface area (Å²) in [6.07, 6.45) is 0. The van der Waals surface area contributed by atoms with Gasteiger partial charge in [0, 0.05) is 0 Å². The molecule has 0 aromatic heterocycles. The summed E-state index contributed by atoms with van der Waals surface area (Å²) in [5.74, 6) is -0.704. The first-order valence-corrected chi connectivity index (χ1v) is 6.87. The molecule has 1 aromatic rings. The predicted molar refractivity (Wildman–Crippen MR) is 72.5 cm³/mol. The highest BCUT2D eigenvalue weighted by molar-refractivity contribution is 5.38. The van der Waals surface area contributed by atoms with E-state index >= 15 is 0 Å². The molecule has 0 bridgehead atoms. The molecule has 1 aliphatic carbocycles. The number of rotatable bonds is 1. The molecule has 1 aliphatic heterocycles. The van der Waals surface area contributed by atoms with Gasteiger partial charge in [0.1, 0.15) is 5.60 Å². The maximum absolute atomic E-state index is 11.4. The Morgan fingerprint density at radius 1 is 0.895 bits per heavy atom. The van der Waals surface area contributed by atoms with Crippen LogP contribution in [0.5, 0.6) is 0 Å². The van der Waals surface area contributed by atoms with E-state index in [9.17, 15) is 5.11 Å². The van der Waals surface area contributed by atoms with Crippen molar-refractivity contribution in [1.82, 2.24) is 0 Å². The SMILES string of the molecule is CC1(C)C2(OCCO2)C(C)(C)C1(O)c1ccccc1. The number of aliphatic hydroxyl groups is 1. The molecule has 3 heteroatoms. The van der Waals surface area contributed by atoms with E-state index in [1.54, 1.807) is 0 Å². The second kappa shape index (κ2) is 3.60. The Morgan fingerprint density at radius 3 is 1.84 bits per heavy atom. The van der Waals surface area contributed by atoms with Gasteiger partial charge in [-0.1, -0.05) is 58.0 Å². The Hall–Kier alpha value is -0.900. The predicted octanol–water partition coefficient (Wildman–Crippen LogP) is 2.68. The van der Waals surface area contributed by atoms with Crippen molar-refractivity contribution in [2.24, 2.45) is 10.8 Å². The lowest BCUT2D eigenvalue weighted by Gasteiger charge is -2.73. The molecule has 19 heavy (non-hydrogen) atoms. The molecule has 1 heterocycles. The fourth-order valence-electron chi connectivity index (χ4n) is 4.51. The zero-order valence-corrected chi connectivity index (χ0v) is 12.1. The molecule has 1 saturated carbocycles. The fourth-order valence-corrected chi connectivity index (χ4v) is 4.51. The maximum Gasteiger partial charge on any atom is 0.184 e. The summed E-state index contributed by atoms with van der Waals surface area (Å²) in [4.78, 5) is 0. The Kier molecular flexibility index (Phi) is 2.48. The third-order valence-corrected chi connectivity index (χ3v) is 5.34. The maximum atomic E-state index is 11.4. The molecule has 2 aliphatic rings. The summed E-state index contributed by atoms with van der Waals surface area (Å²) < 4.78 is 11.9. The summed E-state index contributed by atoms with van der Waals surface area (Å²) in [6, 6.07) is 9.84. The summed E-state index contributed by atoms with van der Waals surface area (Å²) in [5, 5.41) is 11.4. The Balaban J connectivity index is 2.14. The van der Waals surface area contributed by atoms with E-state index in [2.05, 4.69) is 0 Å². The monoisotopic (exact) mass is 262 g/mol. The minimum absolute atomic E-state index is 0.499. The van der Waals surface area contributed by atoms with Crippen molar-refractivity contribution in [2.45, 2.75) is 39.1 Å². The van der Waals surface area contributed by atoms with Crippen LogP contribution < -0.4 is 0 Å². The summed E-state index contributed by atoms with van der Waals surface area (Å²) in [5.41, 5.74) is -1.04. The first-order chi connectivity index (χ1) is 8.81. The zero-order valence-electron chi connectivity index (χ0n) is 12.1. The van der Waals surface area contributed by atoms with Gasteiger partial charge in [0.2, 0.25) is 0 Å². The van der Waals surface area contributed by atoms with Crippen LogP contribution in [0.25, 0.3) is 0 Å². The van der Waals surface area contributed by atoms with Crippen molar-refractivity contribution in [1.29, 1.82) is 0 Å². The van der Waals surface area contributed by atoms with Gasteiger partial charge < -0.3 is 14.6 Å². The Labute approximate surface area is 114 Å². The molecule has 1 saturated heterocycles. The number of hydrogen-bond donors (Lipinski definition) is 1. The van der Waals surface area contributed by atoms with Crippen molar-refractivity contribution in [3.05, 3.63) is 35.9 Å². The van der Waals surface area contributed by atoms with E-state index in [0.29, 0.717) is 13.2 Å². The van der Waals surface area contributed by atoms with Gasteiger partial charge in [-0.2, -0.15) is 0 Å². The highest BCUT2D eigenvalue weighted by atomic mass is 16.7. The van der Waals surface area contributed by atoms with Gasteiger partial charge in [-0.05, 0) is 5.56 Å². The van der Waals surface area contributed by atoms with Gasteiger partial charge in [0.05, 0.1) is 24.0 Å². The van der Waals surface area contributed by atoms with Crippen molar-refractivity contribution >= 4 is 0 Å². The van der Waals surface area contributed by atoms with Crippen molar-refractivity contribution in [3.8, 4) is 0 Å². The van der Waals surface area contributed by atoms with E-state index in [4.69, 9.17) is 9.47 Å². The van der Waals surface area contributed by atoms with Gasteiger partial charge in [-0.3, -0.25) is 0 Å². The second-order valence-electron chi connectivity index (χ2n) is 6.64. The minimum atomic E-state index is -0.967. The van der Waals surface area contributed by atoms with Gasteiger partial charge in [-0.25, -0.2) is 0 Å². The first kappa shape index (κ1) is 13.1. The first-order valence-electron chi connectivity index (χ1n) is 6.87. The lowest BCUT2D eigenvalue weighted by atomic mass is 9.38. The second-order valence-corrected chi connectivity index (χ2v) is 6.64. The van der Waals surface area contributed by atoms with Crippen LogP contribution in [0.3, 0.4) is 0 Å². The molecule has 0 radical (unpaired) electrons. The van der Waals surface area contributed by atoms with E-state index in [-0.39, 0.29) is 0 Å². The summed E-state index contributed by atoms with van der Waals surface area (Å²) in [7, 11) is 0. The van der Waals surface area contributed by atoms with Crippen LogP contribution in [0.2, 0.25) is 0 Å². The molecular weight excluding hydrogens is 240 g/mol. The molecule has 0 atom stereocenters. The van der Waals surface area contributed by atoms with Crippen LogP contribution in [0.4, 0.5) is 0 Å². The van der Waals surface area contributed by atoms with Gasteiger partial charge in [0.25, 0.3) is 0 Å². The van der Waals surface area contributed by atoms with Gasteiger partial charge >= 0.3 is 0 Å². The topological polar surface area (TPSA) is 38.7 Å². The number of ether oxygens (including phenoxy) is 2. The normalized spacial score (nSPS) is 29.1. The van der Waals surface area contributed by atoms with E-state index in [1.165, 1.54) is 0 Å². The molecule has 104 valence electrons. The Bertz CT molecular complexity index is 466. The lowest BCUT2D eigenvalue weighted by molar-refractivity contribution is -0.457.